The number of nitrogens with zero attached hydrogens (tertiary/aromatic N) is 1. The predicted molar refractivity (Wildman–Crippen MR) is 117 cm³/mol. The highest BCUT2D eigenvalue weighted by atomic mass is 79.9. The van der Waals surface area contributed by atoms with Gasteiger partial charge in [-0.1, -0.05) is 41.1 Å². The smallest absolute Gasteiger partial charge is 0.311 e. The maximum atomic E-state index is 12.3. The van der Waals surface area contributed by atoms with Crippen molar-refractivity contribution in [2.24, 2.45) is 5.92 Å². The number of amides is 3. The summed E-state index contributed by atoms with van der Waals surface area (Å²) < 4.78 is 5.91. The molecule has 1 heterocycles. The lowest BCUT2D eigenvalue weighted by molar-refractivity contribution is -0.151. The van der Waals surface area contributed by atoms with Crippen LogP contribution in [-0.4, -0.2) is 41.9 Å². The van der Waals surface area contributed by atoms with Gasteiger partial charge in [0.05, 0.1) is 12.5 Å². The first kappa shape index (κ1) is 22.5. The van der Waals surface area contributed by atoms with Crippen molar-refractivity contribution >= 4 is 45.3 Å². The largest absolute Gasteiger partial charge is 0.455 e. The molecule has 0 radical (unpaired) electrons. The van der Waals surface area contributed by atoms with Crippen LogP contribution in [0.2, 0.25) is 0 Å². The van der Waals surface area contributed by atoms with Gasteiger partial charge in [-0.25, -0.2) is 0 Å². The molecule has 2 N–H and O–H groups in total. The van der Waals surface area contributed by atoms with E-state index >= 15 is 0 Å². The first-order chi connectivity index (χ1) is 14.9. The first-order valence-corrected chi connectivity index (χ1v) is 10.6. The molecule has 1 saturated heterocycles. The van der Waals surface area contributed by atoms with E-state index in [9.17, 15) is 19.2 Å². The minimum absolute atomic E-state index is 0.0137. The third-order valence-corrected chi connectivity index (χ3v) is 5.35. The number of para-hydroxylation sites is 1. The van der Waals surface area contributed by atoms with Gasteiger partial charge in [0.2, 0.25) is 5.91 Å². The topological polar surface area (TPSA) is 105 Å². The molecule has 2 aromatic rings. The monoisotopic (exact) mass is 487 g/mol. The molecule has 0 spiro atoms. The molecule has 1 aliphatic heterocycles. The zero-order valence-corrected chi connectivity index (χ0v) is 18.5. The minimum Gasteiger partial charge on any atom is -0.455 e. The second kappa shape index (κ2) is 10.2. The minimum atomic E-state index is -0.756. The highest BCUT2D eigenvalue weighted by Gasteiger charge is 2.36. The van der Waals surface area contributed by atoms with Gasteiger partial charge in [0, 0.05) is 22.1 Å². The Morgan fingerprint density at radius 3 is 2.55 bits per heavy atom. The number of halogens is 1. The predicted octanol–water partition coefficient (Wildman–Crippen LogP) is 2.69. The molecule has 0 saturated carbocycles. The lowest BCUT2D eigenvalue weighted by Gasteiger charge is -2.17. The van der Waals surface area contributed by atoms with Crippen molar-refractivity contribution < 1.29 is 23.9 Å². The normalized spacial score (nSPS) is 15.5. The fourth-order valence-electron chi connectivity index (χ4n) is 3.15. The number of hydrogen-bond donors (Lipinski definition) is 2. The second-order valence-electron chi connectivity index (χ2n) is 7.02. The molecule has 3 amide bonds. The van der Waals surface area contributed by atoms with E-state index in [-0.39, 0.29) is 13.0 Å². The van der Waals surface area contributed by atoms with Crippen molar-refractivity contribution in [2.75, 3.05) is 18.5 Å². The number of aryl methyl sites for hydroxylation is 1. The zero-order valence-electron chi connectivity index (χ0n) is 16.9. The summed E-state index contributed by atoms with van der Waals surface area (Å²) in [5, 5.41) is 3.82. The van der Waals surface area contributed by atoms with Crippen LogP contribution in [0.3, 0.4) is 0 Å². The van der Waals surface area contributed by atoms with Gasteiger partial charge in [-0.05, 0) is 42.3 Å². The van der Waals surface area contributed by atoms with Gasteiger partial charge in [-0.15, -0.1) is 0 Å². The van der Waals surface area contributed by atoms with Crippen LogP contribution in [0.1, 0.15) is 29.3 Å². The van der Waals surface area contributed by atoms with Gasteiger partial charge in [-0.3, -0.25) is 29.6 Å². The van der Waals surface area contributed by atoms with Crippen molar-refractivity contribution in [2.45, 2.75) is 19.8 Å². The van der Waals surface area contributed by atoms with Crippen molar-refractivity contribution in [1.29, 1.82) is 0 Å². The number of esters is 1. The number of benzene rings is 2. The van der Waals surface area contributed by atoms with Gasteiger partial charge in [-0.2, -0.15) is 0 Å². The molecule has 8 nitrogen and oxygen atoms in total. The van der Waals surface area contributed by atoms with Crippen molar-refractivity contribution in [3.63, 3.8) is 0 Å². The summed E-state index contributed by atoms with van der Waals surface area (Å²) in [5.41, 5.74) is 4.53. The van der Waals surface area contributed by atoms with Crippen LogP contribution in [0.25, 0.3) is 0 Å². The van der Waals surface area contributed by atoms with Crippen LogP contribution < -0.4 is 10.7 Å². The van der Waals surface area contributed by atoms with Crippen molar-refractivity contribution in [3.8, 4) is 0 Å². The van der Waals surface area contributed by atoms with Crippen LogP contribution in [0.15, 0.2) is 53.0 Å². The number of carbonyl (C=O) groups excluding carboxylic acids is 4. The molecule has 2 aromatic carbocycles. The molecule has 31 heavy (non-hydrogen) atoms. The Kier molecular flexibility index (Phi) is 7.41. The number of nitrogens with one attached hydrogen (secondary N) is 2. The maximum absolute atomic E-state index is 12.3. The van der Waals surface area contributed by atoms with Crippen LogP contribution >= 0.6 is 15.9 Å². The quantitative estimate of drug-likeness (QED) is 0.584. The fourth-order valence-corrected chi connectivity index (χ4v) is 3.42. The van der Waals surface area contributed by atoms with Gasteiger partial charge in [0.15, 0.2) is 6.61 Å². The molecule has 1 atom stereocenters. The average Bonchev–Trinajstić information content (AvgIpc) is 3.13. The third kappa shape index (κ3) is 5.91. The van der Waals surface area contributed by atoms with Crippen molar-refractivity contribution in [3.05, 3.63) is 64.1 Å². The van der Waals surface area contributed by atoms with E-state index in [0.717, 1.165) is 21.5 Å². The van der Waals surface area contributed by atoms with Gasteiger partial charge >= 0.3 is 5.97 Å². The molecular formula is C22H22BrN3O5. The van der Waals surface area contributed by atoms with Crippen LogP contribution in [0.5, 0.6) is 0 Å². The molecule has 3 rings (SSSR count). The van der Waals surface area contributed by atoms with Crippen LogP contribution in [-0.2, 0) is 25.5 Å². The Morgan fingerprint density at radius 1 is 1.13 bits per heavy atom. The lowest BCUT2D eigenvalue weighted by atomic mass is 10.1. The van der Waals surface area contributed by atoms with Crippen LogP contribution in [0, 0.1) is 5.92 Å². The molecule has 1 aliphatic rings. The summed E-state index contributed by atoms with van der Waals surface area (Å²) in [5.74, 6) is -2.72. The SMILES string of the molecule is CCc1ccccc1NC(=O)COC(=O)[C@H]1CC(=O)N(NC(=O)c2ccc(Br)cc2)C1. The molecule has 9 heteroatoms. The number of rotatable bonds is 7. The van der Waals surface area contributed by atoms with Gasteiger partial charge in [0.1, 0.15) is 0 Å². The lowest BCUT2D eigenvalue weighted by Crippen LogP contribution is -2.43. The van der Waals surface area contributed by atoms with Crippen LogP contribution in [0.4, 0.5) is 5.69 Å². The molecule has 0 aliphatic carbocycles. The van der Waals surface area contributed by atoms with Gasteiger partial charge < -0.3 is 10.1 Å². The summed E-state index contributed by atoms with van der Waals surface area (Å²) in [6, 6.07) is 14.0. The third-order valence-electron chi connectivity index (χ3n) is 4.82. The summed E-state index contributed by atoms with van der Waals surface area (Å²) in [6.07, 6.45) is 0.655. The molecule has 1 fully saturated rings. The Bertz CT molecular complexity index is 993. The molecule has 0 aromatic heterocycles. The summed E-state index contributed by atoms with van der Waals surface area (Å²) in [7, 11) is 0. The van der Waals surface area contributed by atoms with E-state index < -0.39 is 36.2 Å². The first-order valence-electron chi connectivity index (χ1n) is 9.78. The maximum Gasteiger partial charge on any atom is 0.311 e. The number of carbonyl (C=O) groups is 4. The number of hydrazine groups is 1. The van der Waals surface area contributed by atoms with Gasteiger partial charge in [0.25, 0.3) is 11.8 Å². The number of ether oxygens (including phenoxy) is 1. The summed E-state index contributed by atoms with van der Waals surface area (Å²) in [6.45, 7) is 1.51. The Balaban J connectivity index is 1.49. The van der Waals surface area contributed by atoms with E-state index in [1.807, 2.05) is 25.1 Å². The highest BCUT2D eigenvalue weighted by Crippen LogP contribution is 2.19. The fraction of sp³-hybridized carbons (Fsp3) is 0.273. The molecule has 0 bridgehead atoms. The number of anilines is 1. The highest BCUT2D eigenvalue weighted by molar-refractivity contribution is 9.10. The van der Waals surface area contributed by atoms with Crippen molar-refractivity contribution in [1.82, 2.24) is 10.4 Å². The molecule has 162 valence electrons. The van der Waals surface area contributed by atoms with E-state index in [1.165, 1.54) is 0 Å². The molecular weight excluding hydrogens is 466 g/mol. The zero-order chi connectivity index (χ0) is 22.4. The van der Waals surface area contributed by atoms with E-state index in [2.05, 4.69) is 26.7 Å². The Labute approximate surface area is 188 Å². The average molecular weight is 488 g/mol. The van der Waals surface area contributed by atoms with E-state index in [1.54, 1.807) is 30.3 Å². The molecule has 0 unspecified atom stereocenters. The Morgan fingerprint density at radius 2 is 1.84 bits per heavy atom. The van der Waals surface area contributed by atoms with E-state index in [4.69, 9.17) is 4.74 Å². The second-order valence-corrected chi connectivity index (χ2v) is 7.94. The Hall–Kier alpha value is -3.20. The van der Waals surface area contributed by atoms with E-state index in [0.29, 0.717) is 11.3 Å². The number of hydrogen-bond acceptors (Lipinski definition) is 5. The summed E-state index contributed by atoms with van der Waals surface area (Å²) in [4.78, 5) is 48.9. The standard InChI is InChI=1S/C22H22BrN3O5/c1-2-14-5-3-4-6-18(14)24-19(27)13-31-22(30)16-11-20(28)26(12-16)25-21(29)15-7-9-17(23)10-8-15/h3-10,16H,2,11-13H2,1H3,(H,24,27)(H,25,29)/t16-/m0/s1. The summed E-state index contributed by atoms with van der Waals surface area (Å²) >= 11 is 3.29.